The Kier molecular flexibility index (Phi) is 2.79. The van der Waals surface area contributed by atoms with Crippen LogP contribution in [-0.2, 0) is 0 Å². The van der Waals surface area contributed by atoms with Crippen LogP contribution in [0.5, 0.6) is 0 Å². The fourth-order valence-corrected chi connectivity index (χ4v) is 1.43. The molecule has 0 unspecified atom stereocenters. The lowest BCUT2D eigenvalue weighted by molar-refractivity contribution is 0.280. The maximum Gasteiger partial charge on any atom is 0.0174 e. The van der Waals surface area contributed by atoms with Crippen LogP contribution < -0.4 is 0 Å². The Hall–Kier alpha value is -0.460. The third-order valence-corrected chi connectivity index (χ3v) is 2.21. The fourth-order valence-electron chi connectivity index (χ4n) is 1.43. The Balaban J connectivity index is 2.31. The lowest BCUT2D eigenvalue weighted by Crippen LogP contribution is -2.28. The van der Waals surface area contributed by atoms with Crippen molar-refractivity contribution in [1.29, 1.82) is 0 Å². The number of allylic oxidation sites excluding steroid dienone is 1. The highest BCUT2D eigenvalue weighted by atomic mass is 15.1. The molecule has 1 saturated heterocycles. The van der Waals surface area contributed by atoms with E-state index < -0.39 is 0 Å². The Morgan fingerprint density at radius 3 is 2.40 bits per heavy atom. The molecule has 1 heterocycles. The zero-order chi connectivity index (χ0) is 7.40. The largest absolute Gasteiger partial charge is 0.375 e. The van der Waals surface area contributed by atoms with Gasteiger partial charge in [0.05, 0.1) is 0 Å². The topological polar surface area (TPSA) is 3.24 Å². The predicted molar refractivity (Wildman–Crippen MR) is 44.9 cm³/mol. The van der Waals surface area contributed by atoms with Crippen molar-refractivity contribution in [1.82, 2.24) is 4.90 Å². The van der Waals surface area contributed by atoms with E-state index in [1.54, 1.807) is 0 Å². The van der Waals surface area contributed by atoms with Crippen molar-refractivity contribution in [2.45, 2.75) is 32.6 Å². The molecule has 0 aromatic rings. The average molecular weight is 139 g/mol. The van der Waals surface area contributed by atoms with Crippen LogP contribution in [0.15, 0.2) is 12.3 Å². The van der Waals surface area contributed by atoms with Crippen molar-refractivity contribution < 1.29 is 0 Å². The summed E-state index contributed by atoms with van der Waals surface area (Å²) >= 11 is 0. The fraction of sp³-hybridized carbons (Fsp3) is 0.778. The first-order chi connectivity index (χ1) is 4.84. The van der Waals surface area contributed by atoms with E-state index in [0.29, 0.717) is 0 Å². The number of rotatable bonds is 2. The highest BCUT2D eigenvalue weighted by Gasteiger charge is 2.09. The molecule has 0 aromatic heterocycles. The molecule has 0 aromatic carbocycles. The molecule has 0 radical (unpaired) electrons. The Bertz CT molecular complexity index is 112. The number of hydrogen-bond donors (Lipinski definition) is 0. The molecule has 0 atom stereocenters. The van der Waals surface area contributed by atoms with E-state index in [1.807, 2.05) is 0 Å². The highest BCUT2D eigenvalue weighted by molar-refractivity contribution is 4.93. The van der Waals surface area contributed by atoms with E-state index in [4.69, 9.17) is 0 Å². The number of likely N-dealkylation sites (tertiary alicyclic amines) is 1. The summed E-state index contributed by atoms with van der Waals surface area (Å²) in [4.78, 5) is 2.42. The lowest BCUT2D eigenvalue weighted by atomic mass is 10.1. The summed E-state index contributed by atoms with van der Waals surface area (Å²) in [6.07, 6.45) is 5.24. The van der Waals surface area contributed by atoms with E-state index in [-0.39, 0.29) is 0 Å². The van der Waals surface area contributed by atoms with Crippen LogP contribution in [-0.4, -0.2) is 18.0 Å². The lowest BCUT2D eigenvalue weighted by Gasteiger charge is -2.29. The van der Waals surface area contributed by atoms with Gasteiger partial charge in [0.15, 0.2) is 0 Å². The molecule has 10 heavy (non-hydrogen) atoms. The van der Waals surface area contributed by atoms with E-state index in [9.17, 15) is 0 Å². The van der Waals surface area contributed by atoms with Gasteiger partial charge >= 0.3 is 0 Å². The first-order valence-electron chi connectivity index (χ1n) is 4.27. The molecule has 0 saturated carbocycles. The predicted octanol–water partition coefficient (Wildman–Crippen LogP) is 2.40. The van der Waals surface area contributed by atoms with Crippen LogP contribution in [0.3, 0.4) is 0 Å². The maximum absolute atomic E-state index is 4.02. The molecular formula is C9H17N. The SMILES string of the molecule is C=C(CC)N1CCCCC1. The average Bonchev–Trinajstić information content (AvgIpc) is 2.05. The molecular weight excluding hydrogens is 122 g/mol. The summed E-state index contributed by atoms with van der Waals surface area (Å²) < 4.78 is 0. The molecule has 1 rings (SSSR count). The normalized spacial score (nSPS) is 19.1. The van der Waals surface area contributed by atoms with Crippen LogP contribution in [0, 0.1) is 0 Å². The van der Waals surface area contributed by atoms with Crippen LogP contribution in [0.2, 0.25) is 0 Å². The number of hydrogen-bond acceptors (Lipinski definition) is 1. The summed E-state index contributed by atoms with van der Waals surface area (Å²) in [5, 5.41) is 0. The zero-order valence-corrected chi connectivity index (χ0v) is 6.90. The van der Waals surface area contributed by atoms with Crippen molar-refractivity contribution >= 4 is 0 Å². The first-order valence-corrected chi connectivity index (χ1v) is 4.27. The summed E-state index contributed by atoms with van der Waals surface area (Å²) in [6, 6.07) is 0. The van der Waals surface area contributed by atoms with Gasteiger partial charge in [-0.05, 0) is 25.7 Å². The van der Waals surface area contributed by atoms with E-state index in [1.165, 1.54) is 38.0 Å². The second kappa shape index (κ2) is 3.65. The van der Waals surface area contributed by atoms with Crippen LogP contribution in [0.4, 0.5) is 0 Å². The molecule has 1 nitrogen and oxygen atoms in total. The van der Waals surface area contributed by atoms with E-state index >= 15 is 0 Å². The van der Waals surface area contributed by atoms with E-state index in [2.05, 4.69) is 18.4 Å². The molecule has 1 heteroatoms. The molecule has 0 spiro atoms. The van der Waals surface area contributed by atoms with Crippen molar-refractivity contribution in [3.8, 4) is 0 Å². The minimum atomic E-state index is 1.11. The Labute approximate surface area is 63.7 Å². The number of nitrogens with zero attached hydrogens (tertiary/aromatic N) is 1. The standard InChI is InChI=1S/C9H17N/c1-3-9(2)10-7-5-4-6-8-10/h2-8H2,1H3. The smallest absolute Gasteiger partial charge is 0.0174 e. The summed E-state index contributed by atoms with van der Waals surface area (Å²) in [6.45, 7) is 8.69. The zero-order valence-electron chi connectivity index (χ0n) is 6.90. The molecule has 0 bridgehead atoms. The van der Waals surface area contributed by atoms with Gasteiger partial charge in [-0.2, -0.15) is 0 Å². The third kappa shape index (κ3) is 1.76. The molecule has 0 N–H and O–H groups in total. The summed E-state index contributed by atoms with van der Waals surface area (Å²) in [5.41, 5.74) is 1.32. The molecule has 58 valence electrons. The number of piperidine rings is 1. The molecule has 0 aliphatic carbocycles. The van der Waals surface area contributed by atoms with E-state index in [0.717, 1.165) is 6.42 Å². The molecule has 1 aliphatic rings. The van der Waals surface area contributed by atoms with Crippen molar-refractivity contribution in [2.24, 2.45) is 0 Å². The minimum Gasteiger partial charge on any atom is -0.375 e. The van der Waals surface area contributed by atoms with Crippen LogP contribution in [0.25, 0.3) is 0 Å². The molecule has 1 aliphatic heterocycles. The quantitative estimate of drug-likeness (QED) is 0.568. The van der Waals surface area contributed by atoms with Gasteiger partial charge in [-0.15, -0.1) is 0 Å². The third-order valence-electron chi connectivity index (χ3n) is 2.21. The van der Waals surface area contributed by atoms with Crippen molar-refractivity contribution in [2.75, 3.05) is 13.1 Å². The van der Waals surface area contributed by atoms with Crippen molar-refractivity contribution in [3.05, 3.63) is 12.3 Å². The van der Waals surface area contributed by atoms with Gasteiger partial charge in [-0.25, -0.2) is 0 Å². The second-order valence-electron chi connectivity index (χ2n) is 2.97. The van der Waals surface area contributed by atoms with Gasteiger partial charge in [0, 0.05) is 18.8 Å². The first kappa shape index (κ1) is 7.64. The Morgan fingerprint density at radius 1 is 1.30 bits per heavy atom. The van der Waals surface area contributed by atoms with Gasteiger partial charge in [-0.1, -0.05) is 13.5 Å². The highest BCUT2D eigenvalue weighted by Crippen LogP contribution is 2.14. The van der Waals surface area contributed by atoms with Gasteiger partial charge in [0.25, 0.3) is 0 Å². The molecule has 1 fully saturated rings. The second-order valence-corrected chi connectivity index (χ2v) is 2.97. The monoisotopic (exact) mass is 139 g/mol. The van der Waals surface area contributed by atoms with Gasteiger partial charge < -0.3 is 4.90 Å². The van der Waals surface area contributed by atoms with Crippen LogP contribution >= 0.6 is 0 Å². The van der Waals surface area contributed by atoms with Crippen molar-refractivity contribution in [3.63, 3.8) is 0 Å². The Morgan fingerprint density at radius 2 is 1.90 bits per heavy atom. The van der Waals surface area contributed by atoms with Gasteiger partial charge in [0.1, 0.15) is 0 Å². The summed E-state index contributed by atoms with van der Waals surface area (Å²) in [5.74, 6) is 0. The van der Waals surface area contributed by atoms with Gasteiger partial charge in [-0.3, -0.25) is 0 Å². The molecule has 0 amide bonds. The minimum absolute atomic E-state index is 1.11. The van der Waals surface area contributed by atoms with Gasteiger partial charge in [0.2, 0.25) is 0 Å². The summed E-state index contributed by atoms with van der Waals surface area (Å²) in [7, 11) is 0. The maximum atomic E-state index is 4.02. The van der Waals surface area contributed by atoms with Crippen LogP contribution in [0.1, 0.15) is 32.6 Å².